The van der Waals surface area contributed by atoms with Gasteiger partial charge in [-0.2, -0.15) is 0 Å². The number of nitrogens with one attached hydrogen (secondary N) is 1. The van der Waals surface area contributed by atoms with Crippen molar-refractivity contribution in [3.63, 3.8) is 0 Å². The standard InChI is InChI=1S/C15H19NO3/c1-2-19-12-9-7-11(8-10-12)16-15(18)13-5-3-4-6-14(13)17/h7-10,13H,2-6H2,1H3,(H,16,18). The maximum Gasteiger partial charge on any atom is 0.234 e. The molecule has 0 bridgehead atoms. The van der Waals surface area contributed by atoms with E-state index in [1.807, 2.05) is 19.1 Å². The molecular weight excluding hydrogens is 242 g/mol. The van der Waals surface area contributed by atoms with Crippen molar-refractivity contribution in [2.75, 3.05) is 11.9 Å². The van der Waals surface area contributed by atoms with Crippen molar-refractivity contribution < 1.29 is 14.3 Å². The molecular formula is C15H19NO3. The summed E-state index contributed by atoms with van der Waals surface area (Å²) in [6, 6.07) is 7.19. The van der Waals surface area contributed by atoms with Crippen molar-refractivity contribution in [1.29, 1.82) is 0 Å². The van der Waals surface area contributed by atoms with E-state index in [4.69, 9.17) is 4.74 Å². The predicted octanol–water partition coefficient (Wildman–Crippen LogP) is 2.78. The summed E-state index contributed by atoms with van der Waals surface area (Å²) in [4.78, 5) is 23.7. The van der Waals surface area contributed by atoms with Crippen LogP contribution in [-0.4, -0.2) is 18.3 Å². The number of Topliss-reactive ketones (excluding diaryl/α,β-unsaturated/α-hetero) is 1. The highest BCUT2D eigenvalue weighted by atomic mass is 16.5. The highest BCUT2D eigenvalue weighted by Crippen LogP contribution is 2.23. The lowest BCUT2D eigenvalue weighted by atomic mass is 9.87. The molecule has 0 spiro atoms. The Bertz CT molecular complexity index is 453. The second kappa shape index (κ2) is 6.36. The summed E-state index contributed by atoms with van der Waals surface area (Å²) >= 11 is 0. The van der Waals surface area contributed by atoms with E-state index < -0.39 is 5.92 Å². The summed E-state index contributed by atoms with van der Waals surface area (Å²) in [6.45, 7) is 2.53. The zero-order chi connectivity index (χ0) is 13.7. The van der Waals surface area contributed by atoms with Gasteiger partial charge in [0.25, 0.3) is 0 Å². The Morgan fingerprint density at radius 3 is 2.68 bits per heavy atom. The summed E-state index contributed by atoms with van der Waals surface area (Å²) in [6.07, 6.45) is 3.06. The van der Waals surface area contributed by atoms with Gasteiger partial charge in [0.05, 0.1) is 12.5 Å². The van der Waals surface area contributed by atoms with Gasteiger partial charge in [0, 0.05) is 12.1 Å². The molecule has 0 aliphatic heterocycles. The van der Waals surface area contributed by atoms with E-state index >= 15 is 0 Å². The fraction of sp³-hybridized carbons (Fsp3) is 0.467. The maximum absolute atomic E-state index is 12.0. The Morgan fingerprint density at radius 2 is 2.05 bits per heavy atom. The molecule has 0 heterocycles. The van der Waals surface area contributed by atoms with Crippen molar-refractivity contribution >= 4 is 17.4 Å². The van der Waals surface area contributed by atoms with Crippen LogP contribution in [-0.2, 0) is 9.59 Å². The fourth-order valence-corrected chi connectivity index (χ4v) is 2.29. The van der Waals surface area contributed by atoms with Crippen LogP contribution in [0.15, 0.2) is 24.3 Å². The lowest BCUT2D eigenvalue weighted by Crippen LogP contribution is -2.31. The number of amides is 1. The number of hydrogen-bond donors (Lipinski definition) is 1. The summed E-state index contributed by atoms with van der Waals surface area (Å²) in [5.74, 6) is 0.179. The van der Waals surface area contributed by atoms with E-state index in [0.29, 0.717) is 25.1 Å². The molecule has 0 saturated heterocycles. The molecule has 102 valence electrons. The number of anilines is 1. The number of benzene rings is 1. The van der Waals surface area contributed by atoms with Crippen molar-refractivity contribution in [3.05, 3.63) is 24.3 Å². The van der Waals surface area contributed by atoms with E-state index in [1.54, 1.807) is 12.1 Å². The van der Waals surface area contributed by atoms with Gasteiger partial charge in [-0.05, 0) is 44.0 Å². The average molecular weight is 261 g/mol. The second-order valence-corrected chi connectivity index (χ2v) is 4.71. The normalized spacial score (nSPS) is 19.0. The molecule has 1 aliphatic rings. The molecule has 1 fully saturated rings. The molecule has 1 aromatic rings. The summed E-state index contributed by atoms with van der Waals surface area (Å²) < 4.78 is 5.33. The molecule has 1 N–H and O–H groups in total. The summed E-state index contributed by atoms with van der Waals surface area (Å²) in [5.41, 5.74) is 0.701. The van der Waals surface area contributed by atoms with Gasteiger partial charge in [-0.25, -0.2) is 0 Å². The molecule has 0 aromatic heterocycles. The van der Waals surface area contributed by atoms with Crippen LogP contribution in [0.4, 0.5) is 5.69 Å². The Balaban J connectivity index is 1.96. The molecule has 4 heteroatoms. The van der Waals surface area contributed by atoms with Crippen LogP contribution in [0.3, 0.4) is 0 Å². The SMILES string of the molecule is CCOc1ccc(NC(=O)C2CCCCC2=O)cc1. The number of rotatable bonds is 4. The molecule has 4 nitrogen and oxygen atoms in total. The third-order valence-electron chi connectivity index (χ3n) is 3.30. The molecule has 0 radical (unpaired) electrons. The van der Waals surface area contributed by atoms with Gasteiger partial charge >= 0.3 is 0 Å². The van der Waals surface area contributed by atoms with Crippen LogP contribution < -0.4 is 10.1 Å². The lowest BCUT2D eigenvalue weighted by Gasteiger charge is -2.19. The molecule has 1 aliphatic carbocycles. The number of carbonyl (C=O) groups excluding carboxylic acids is 2. The van der Waals surface area contributed by atoms with Crippen molar-refractivity contribution in [3.8, 4) is 5.75 Å². The van der Waals surface area contributed by atoms with Gasteiger partial charge in [-0.15, -0.1) is 0 Å². The highest BCUT2D eigenvalue weighted by Gasteiger charge is 2.28. The van der Waals surface area contributed by atoms with Crippen LogP contribution in [0, 0.1) is 5.92 Å². The van der Waals surface area contributed by atoms with E-state index in [0.717, 1.165) is 18.6 Å². The number of ether oxygens (including phenoxy) is 1. The average Bonchev–Trinajstić information content (AvgIpc) is 2.42. The number of carbonyl (C=O) groups is 2. The zero-order valence-corrected chi connectivity index (χ0v) is 11.1. The molecule has 1 saturated carbocycles. The van der Waals surface area contributed by atoms with E-state index in [2.05, 4.69) is 5.32 Å². The molecule has 1 atom stereocenters. The molecule has 1 amide bonds. The fourth-order valence-electron chi connectivity index (χ4n) is 2.29. The van der Waals surface area contributed by atoms with Crippen LogP contribution in [0.5, 0.6) is 5.75 Å². The molecule has 1 aromatic carbocycles. The number of ketones is 1. The smallest absolute Gasteiger partial charge is 0.234 e. The van der Waals surface area contributed by atoms with E-state index in [1.165, 1.54) is 0 Å². The minimum Gasteiger partial charge on any atom is -0.494 e. The number of hydrogen-bond acceptors (Lipinski definition) is 3. The van der Waals surface area contributed by atoms with Crippen LogP contribution in [0.2, 0.25) is 0 Å². The van der Waals surface area contributed by atoms with Crippen molar-refractivity contribution in [2.45, 2.75) is 32.6 Å². The third kappa shape index (κ3) is 3.56. The first-order valence-electron chi connectivity index (χ1n) is 6.77. The zero-order valence-electron chi connectivity index (χ0n) is 11.1. The Hall–Kier alpha value is -1.84. The summed E-state index contributed by atoms with van der Waals surface area (Å²) in [7, 11) is 0. The minimum atomic E-state index is -0.472. The highest BCUT2D eigenvalue weighted by molar-refractivity contribution is 6.07. The first-order valence-corrected chi connectivity index (χ1v) is 6.77. The topological polar surface area (TPSA) is 55.4 Å². The van der Waals surface area contributed by atoms with Gasteiger partial charge in [-0.1, -0.05) is 6.42 Å². The largest absolute Gasteiger partial charge is 0.494 e. The maximum atomic E-state index is 12.0. The monoisotopic (exact) mass is 261 g/mol. The lowest BCUT2D eigenvalue weighted by molar-refractivity contribution is -0.132. The van der Waals surface area contributed by atoms with Gasteiger partial charge in [0.15, 0.2) is 0 Å². The van der Waals surface area contributed by atoms with Gasteiger partial charge < -0.3 is 10.1 Å². The second-order valence-electron chi connectivity index (χ2n) is 4.71. The molecule has 2 rings (SSSR count). The van der Waals surface area contributed by atoms with Gasteiger partial charge in [0.2, 0.25) is 5.91 Å². The van der Waals surface area contributed by atoms with Crippen LogP contribution in [0.1, 0.15) is 32.6 Å². The first-order chi connectivity index (χ1) is 9.20. The van der Waals surface area contributed by atoms with Crippen molar-refractivity contribution in [1.82, 2.24) is 0 Å². The Labute approximate surface area is 113 Å². The first kappa shape index (κ1) is 13.6. The van der Waals surface area contributed by atoms with Gasteiger partial charge in [-0.3, -0.25) is 9.59 Å². The van der Waals surface area contributed by atoms with E-state index in [9.17, 15) is 9.59 Å². The summed E-state index contributed by atoms with van der Waals surface area (Å²) in [5, 5.41) is 2.80. The van der Waals surface area contributed by atoms with Crippen LogP contribution >= 0.6 is 0 Å². The Morgan fingerprint density at radius 1 is 1.32 bits per heavy atom. The van der Waals surface area contributed by atoms with E-state index in [-0.39, 0.29) is 11.7 Å². The quantitative estimate of drug-likeness (QED) is 0.848. The van der Waals surface area contributed by atoms with Gasteiger partial charge in [0.1, 0.15) is 11.5 Å². The Kier molecular flexibility index (Phi) is 4.55. The van der Waals surface area contributed by atoms with Crippen molar-refractivity contribution in [2.24, 2.45) is 5.92 Å². The van der Waals surface area contributed by atoms with Crippen LogP contribution in [0.25, 0.3) is 0 Å². The molecule has 1 unspecified atom stereocenters. The third-order valence-corrected chi connectivity index (χ3v) is 3.30. The molecule has 19 heavy (non-hydrogen) atoms. The minimum absolute atomic E-state index is 0.0645. The predicted molar refractivity (Wildman–Crippen MR) is 73.2 cm³/mol.